The van der Waals surface area contributed by atoms with Crippen molar-refractivity contribution in [1.82, 2.24) is 0 Å². The van der Waals surface area contributed by atoms with Crippen molar-refractivity contribution in [3.05, 3.63) is 182 Å². The molecule has 0 bridgehead atoms. The first kappa shape index (κ1) is 26.4. The van der Waals surface area contributed by atoms with E-state index in [1.807, 2.05) is 0 Å². The van der Waals surface area contributed by atoms with Gasteiger partial charge < -0.3 is 0 Å². The maximum absolute atomic E-state index is 2.40. The highest BCUT2D eigenvalue weighted by atomic mass is 14.2. The number of benzene rings is 9. The van der Waals surface area contributed by atoms with Crippen LogP contribution in [0.1, 0.15) is 0 Å². The van der Waals surface area contributed by atoms with Gasteiger partial charge in [0, 0.05) is 0 Å². The third kappa shape index (κ3) is 4.47. The van der Waals surface area contributed by atoms with Crippen molar-refractivity contribution in [2.45, 2.75) is 0 Å². The van der Waals surface area contributed by atoms with Crippen LogP contribution < -0.4 is 0 Å². The van der Waals surface area contributed by atoms with Crippen LogP contribution in [0.15, 0.2) is 182 Å². The zero-order valence-electron chi connectivity index (χ0n) is 25.3. The number of rotatable bonds is 4. The molecule has 9 aromatic rings. The summed E-state index contributed by atoms with van der Waals surface area (Å²) < 4.78 is 0. The molecule has 0 aliphatic heterocycles. The first-order valence-electron chi connectivity index (χ1n) is 15.9. The lowest BCUT2D eigenvalue weighted by Gasteiger charge is -2.19. The van der Waals surface area contributed by atoms with E-state index in [9.17, 15) is 0 Å². The molecule has 0 aliphatic rings. The average molecular weight is 583 g/mol. The maximum atomic E-state index is 2.40. The standard InChI is InChI=1S/C46H30/c1-3-11-31(12-4-1)33-19-23-35(24-20-33)44-42-18-10-9-17-39(42)28-41-29-40-27-37-15-7-8-16-38(37)30-43(40)45(46(41)44)36-25-21-34(22-26-36)32-13-5-2-6-14-32/h1-30H. The molecule has 0 amide bonds. The Morgan fingerprint density at radius 3 is 1.20 bits per heavy atom. The van der Waals surface area contributed by atoms with Crippen molar-refractivity contribution in [3.63, 3.8) is 0 Å². The van der Waals surface area contributed by atoms with Gasteiger partial charge >= 0.3 is 0 Å². The van der Waals surface area contributed by atoms with E-state index in [0.717, 1.165) is 0 Å². The minimum atomic E-state index is 1.22. The van der Waals surface area contributed by atoms with Gasteiger partial charge in [0.05, 0.1) is 0 Å². The van der Waals surface area contributed by atoms with Crippen LogP contribution in [0.5, 0.6) is 0 Å². The van der Waals surface area contributed by atoms with E-state index in [4.69, 9.17) is 0 Å². The Kier molecular flexibility index (Phi) is 6.25. The van der Waals surface area contributed by atoms with E-state index in [1.165, 1.54) is 87.6 Å². The second kappa shape index (κ2) is 10.9. The molecule has 46 heavy (non-hydrogen) atoms. The highest BCUT2D eigenvalue weighted by Gasteiger charge is 2.18. The predicted molar refractivity (Wildman–Crippen MR) is 198 cm³/mol. The summed E-state index contributed by atoms with van der Waals surface area (Å²) >= 11 is 0. The highest BCUT2D eigenvalue weighted by molar-refractivity contribution is 6.24. The fourth-order valence-corrected chi connectivity index (χ4v) is 7.17. The lowest BCUT2D eigenvalue weighted by Crippen LogP contribution is -1.92. The minimum Gasteiger partial charge on any atom is -0.0622 e. The molecule has 0 spiro atoms. The lowest BCUT2D eigenvalue weighted by atomic mass is 9.84. The van der Waals surface area contributed by atoms with Crippen LogP contribution in [0, 0.1) is 0 Å². The normalized spacial score (nSPS) is 11.5. The van der Waals surface area contributed by atoms with Crippen LogP contribution in [-0.4, -0.2) is 0 Å². The fraction of sp³-hybridized carbons (Fsp3) is 0. The Bertz CT molecular complexity index is 2520. The Balaban J connectivity index is 1.38. The van der Waals surface area contributed by atoms with Gasteiger partial charge in [0.1, 0.15) is 0 Å². The topological polar surface area (TPSA) is 0 Å². The average Bonchev–Trinajstić information content (AvgIpc) is 3.13. The summed E-state index contributed by atoms with van der Waals surface area (Å²) in [4.78, 5) is 0. The van der Waals surface area contributed by atoms with E-state index in [2.05, 4.69) is 182 Å². The van der Waals surface area contributed by atoms with E-state index in [1.54, 1.807) is 0 Å². The zero-order valence-corrected chi connectivity index (χ0v) is 25.3. The third-order valence-electron chi connectivity index (χ3n) is 9.39. The van der Waals surface area contributed by atoms with Crippen LogP contribution in [0.25, 0.3) is 87.6 Å². The van der Waals surface area contributed by atoms with Gasteiger partial charge in [-0.3, -0.25) is 0 Å². The molecule has 9 aromatic carbocycles. The summed E-state index contributed by atoms with van der Waals surface area (Å²) in [6, 6.07) is 66.6. The van der Waals surface area contributed by atoms with Crippen LogP contribution in [0.3, 0.4) is 0 Å². The molecule has 0 fully saturated rings. The smallest absolute Gasteiger partial charge is 0.00139 e. The van der Waals surface area contributed by atoms with E-state index < -0.39 is 0 Å². The SMILES string of the molecule is c1ccc(-c2ccc(-c3c4ccccc4cc4cc5cc6ccccc6cc5c(-c5ccc(-c6ccccc6)cc5)c34)cc2)cc1. The summed E-state index contributed by atoms with van der Waals surface area (Å²) in [6.07, 6.45) is 0. The fourth-order valence-electron chi connectivity index (χ4n) is 7.17. The first-order valence-corrected chi connectivity index (χ1v) is 15.9. The first-order chi connectivity index (χ1) is 22.8. The van der Waals surface area contributed by atoms with Gasteiger partial charge in [0.25, 0.3) is 0 Å². The Hall–Kier alpha value is -5.98. The molecule has 214 valence electrons. The number of hydrogen-bond acceptors (Lipinski definition) is 0. The Morgan fingerprint density at radius 1 is 0.217 bits per heavy atom. The van der Waals surface area contributed by atoms with Gasteiger partial charge in [-0.1, -0.05) is 158 Å². The highest BCUT2D eigenvalue weighted by Crippen LogP contribution is 2.46. The van der Waals surface area contributed by atoms with Crippen LogP contribution >= 0.6 is 0 Å². The van der Waals surface area contributed by atoms with Crippen LogP contribution in [0.2, 0.25) is 0 Å². The van der Waals surface area contributed by atoms with Crippen LogP contribution in [-0.2, 0) is 0 Å². The molecule has 0 heteroatoms. The molecule has 0 N–H and O–H groups in total. The molecular weight excluding hydrogens is 553 g/mol. The zero-order chi connectivity index (χ0) is 30.5. The van der Waals surface area contributed by atoms with Crippen molar-refractivity contribution in [2.24, 2.45) is 0 Å². The molecule has 0 nitrogen and oxygen atoms in total. The third-order valence-corrected chi connectivity index (χ3v) is 9.39. The summed E-state index contributed by atoms with van der Waals surface area (Å²) in [5.41, 5.74) is 9.92. The maximum Gasteiger partial charge on any atom is -0.00139 e. The molecule has 0 atom stereocenters. The lowest BCUT2D eigenvalue weighted by molar-refractivity contribution is 1.60. The molecule has 0 heterocycles. The summed E-state index contributed by atoms with van der Waals surface area (Å²) in [7, 11) is 0. The Labute approximate surface area is 268 Å². The monoisotopic (exact) mass is 582 g/mol. The van der Waals surface area contributed by atoms with Crippen molar-refractivity contribution >= 4 is 43.1 Å². The van der Waals surface area contributed by atoms with Gasteiger partial charge in [0.15, 0.2) is 0 Å². The second-order valence-corrected chi connectivity index (χ2v) is 12.1. The van der Waals surface area contributed by atoms with Crippen molar-refractivity contribution in [3.8, 4) is 44.5 Å². The predicted octanol–water partition coefficient (Wildman–Crippen LogP) is 13.0. The van der Waals surface area contributed by atoms with Crippen molar-refractivity contribution in [2.75, 3.05) is 0 Å². The molecule has 0 saturated carbocycles. The second-order valence-electron chi connectivity index (χ2n) is 12.1. The molecular formula is C46H30. The van der Waals surface area contributed by atoms with E-state index >= 15 is 0 Å². The number of fused-ring (bicyclic) bond motifs is 4. The largest absolute Gasteiger partial charge is 0.0622 e. The summed E-state index contributed by atoms with van der Waals surface area (Å²) in [5.74, 6) is 0. The molecule has 9 rings (SSSR count). The van der Waals surface area contributed by atoms with Crippen molar-refractivity contribution in [1.29, 1.82) is 0 Å². The molecule has 0 aromatic heterocycles. The van der Waals surface area contributed by atoms with E-state index in [0.29, 0.717) is 0 Å². The van der Waals surface area contributed by atoms with Crippen LogP contribution in [0.4, 0.5) is 0 Å². The summed E-state index contributed by atoms with van der Waals surface area (Å²) in [6.45, 7) is 0. The quantitative estimate of drug-likeness (QED) is 0.181. The Morgan fingerprint density at radius 2 is 0.609 bits per heavy atom. The van der Waals surface area contributed by atoms with Gasteiger partial charge in [-0.15, -0.1) is 0 Å². The van der Waals surface area contributed by atoms with Crippen molar-refractivity contribution < 1.29 is 0 Å². The minimum absolute atomic E-state index is 1.22. The van der Waals surface area contributed by atoms with Gasteiger partial charge in [-0.2, -0.15) is 0 Å². The van der Waals surface area contributed by atoms with Gasteiger partial charge in [-0.25, -0.2) is 0 Å². The molecule has 0 radical (unpaired) electrons. The van der Waals surface area contributed by atoms with Gasteiger partial charge in [0.2, 0.25) is 0 Å². The van der Waals surface area contributed by atoms with Gasteiger partial charge in [-0.05, 0) is 112 Å². The summed E-state index contributed by atoms with van der Waals surface area (Å²) in [5, 5.41) is 10.1. The van der Waals surface area contributed by atoms with E-state index in [-0.39, 0.29) is 0 Å². The number of hydrogen-bond donors (Lipinski definition) is 0. The molecule has 0 unspecified atom stereocenters. The molecule has 0 aliphatic carbocycles. The molecule has 0 saturated heterocycles.